The number of carbonyl (C=O) groups is 1. The third-order valence-corrected chi connectivity index (χ3v) is 3.23. The summed E-state index contributed by atoms with van der Waals surface area (Å²) in [4.78, 5) is 11.5. The lowest BCUT2D eigenvalue weighted by molar-refractivity contribution is -0.141. The average Bonchev–Trinajstić information content (AvgIpc) is 2.30. The monoisotopic (exact) mass is 258 g/mol. The van der Waals surface area contributed by atoms with E-state index < -0.39 is 22.2 Å². The van der Waals surface area contributed by atoms with Gasteiger partial charge in [0.05, 0.1) is 5.75 Å². The summed E-state index contributed by atoms with van der Waals surface area (Å²) in [5.41, 5.74) is 0. The second kappa shape index (κ2) is 5.79. The van der Waals surface area contributed by atoms with Gasteiger partial charge >= 0.3 is 5.97 Å². The molecule has 0 saturated heterocycles. The van der Waals surface area contributed by atoms with Crippen molar-refractivity contribution in [3.63, 3.8) is 0 Å². The van der Waals surface area contributed by atoms with Gasteiger partial charge in [0.25, 0.3) is 10.1 Å². The Bertz CT molecular complexity index is 466. The third-order valence-electron chi connectivity index (χ3n) is 1.94. The van der Waals surface area contributed by atoms with Crippen molar-refractivity contribution in [2.45, 2.75) is 20.0 Å². The van der Waals surface area contributed by atoms with Gasteiger partial charge in [-0.2, -0.15) is 8.42 Å². The standard InChI is InChI=1S/C11H14O5S/c1-3-17(13,14)16-9(2)11(12)15-10-7-5-4-6-8-10/h4-9H,3H2,1-2H3/t9-/m1/s1. The zero-order valence-corrected chi connectivity index (χ0v) is 10.4. The Morgan fingerprint density at radius 1 is 1.29 bits per heavy atom. The van der Waals surface area contributed by atoms with Gasteiger partial charge in [0.1, 0.15) is 5.75 Å². The number of ether oxygens (including phenoxy) is 1. The summed E-state index contributed by atoms with van der Waals surface area (Å²) >= 11 is 0. The fourth-order valence-corrected chi connectivity index (χ4v) is 1.67. The predicted molar refractivity (Wildman–Crippen MR) is 62.1 cm³/mol. The minimum absolute atomic E-state index is 0.185. The van der Waals surface area contributed by atoms with Crippen molar-refractivity contribution < 1.29 is 22.1 Å². The molecule has 6 heteroatoms. The number of para-hydroxylation sites is 1. The van der Waals surface area contributed by atoms with Gasteiger partial charge in [-0.15, -0.1) is 0 Å². The summed E-state index contributed by atoms with van der Waals surface area (Å²) in [6.45, 7) is 2.77. The molecule has 0 heterocycles. The van der Waals surface area contributed by atoms with E-state index in [-0.39, 0.29) is 5.75 Å². The Hall–Kier alpha value is -1.40. The molecule has 0 unspecified atom stereocenters. The lowest BCUT2D eigenvalue weighted by Crippen LogP contribution is -2.29. The Balaban J connectivity index is 2.60. The van der Waals surface area contributed by atoms with Gasteiger partial charge in [-0.05, 0) is 26.0 Å². The van der Waals surface area contributed by atoms with Crippen LogP contribution in [0.4, 0.5) is 0 Å². The summed E-state index contributed by atoms with van der Waals surface area (Å²) in [5.74, 6) is -0.578. The van der Waals surface area contributed by atoms with E-state index in [1.165, 1.54) is 13.8 Å². The molecule has 0 aromatic heterocycles. The molecule has 1 aromatic rings. The largest absolute Gasteiger partial charge is 0.425 e. The highest BCUT2D eigenvalue weighted by Crippen LogP contribution is 2.11. The van der Waals surface area contributed by atoms with Gasteiger partial charge < -0.3 is 4.74 Å². The maximum Gasteiger partial charge on any atom is 0.341 e. The first-order chi connectivity index (χ1) is 7.94. The van der Waals surface area contributed by atoms with E-state index in [4.69, 9.17) is 4.74 Å². The molecule has 94 valence electrons. The van der Waals surface area contributed by atoms with Crippen LogP contribution in [0.2, 0.25) is 0 Å². The highest BCUT2D eigenvalue weighted by atomic mass is 32.2. The van der Waals surface area contributed by atoms with Crippen molar-refractivity contribution in [2.24, 2.45) is 0 Å². The quantitative estimate of drug-likeness (QED) is 0.453. The van der Waals surface area contributed by atoms with E-state index in [9.17, 15) is 13.2 Å². The molecule has 0 aliphatic heterocycles. The van der Waals surface area contributed by atoms with E-state index in [1.54, 1.807) is 30.3 Å². The molecule has 0 aliphatic rings. The topological polar surface area (TPSA) is 69.7 Å². The molecule has 0 fully saturated rings. The van der Waals surface area contributed by atoms with Crippen LogP contribution in [0.5, 0.6) is 5.75 Å². The first kappa shape index (κ1) is 13.7. The van der Waals surface area contributed by atoms with Crippen LogP contribution in [0.3, 0.4) is 0 Å². The van der Waals surface area contributed by atoms with Crippen molar-refractivity contribution in [3.8, 4) is 5.75 Å². The van der Waals surface area contributed by atoms with Crippen LogP contribution in [-0.2, 0) is 19.1 Å². The highest BCUT2D eigenvalue weighted by molar-refractivity contribution is 7.86. The van der Waals surface area contributed by atoms with Crippen LogP contribution in [0.15, 0.2) is 30.3 Å². The lowest BCUT2D eigenvalue weighted by atomic mass is 10.3. The Kier molecular flexibility index (Phi) is 4.65. The second-order valence-corrected chi connectivity index (χ2v) is 5.20. The molecule has 1 aromatic carbocycles. The Morgan fingerprint density at radius 3 is 2.41 bits per heavy atom. The number of esters is 1. The average molecular weight is 258 g/mol. The summed E-state index contributed by atoms with van der Waals surface area (Å²) in [7, 11) is -3.66. The van der Waals surface area contributed by atoms with Gasteiger partial charge in [-0.1, -0.05) is 18.2 Å². The third kappa shape index (κ3) is 4.54. The maximum atomic E-state index is 11.5. The van der Waals surface area contributed by atoms with Crippen LogP contribution >= 0.6 is 0 Å². The van der Waals surface area contributed by atoms with Gasteiger partial charge in [0.15, 0.2) is 6.10 Å². The zero-order chi connectivity index (χ0) is 12.9. The normalized spacial score (nSPS) is 13.1. The van der Waals surface area contributed by atoms with Gasteiger partial charge in [-0.25, -0.2) is 4.79 Å². The minimum Gasteiger partial charge on any atom is -0.425 e. The van der Waals surface area contributed by atoms with Crippen LogP contribution in [-0.4, -0.2) is 26.2 Å². The van der Waals surface area contributed by atoms with E-state index in [0.717, 1.165) is 0 Å². The van der Waals surface area contributed by atoms with E-state index >= 15 is 0 Å². The van der Waals surface area contributed by atoms with Crippen LogP contribution in [0, 0.1) is 0 Å². The SMILES string of the molecule is CCS(=O)(=O)O[C@H](C)C(=O)Oc1ccccc1. The van der Waals surface area contributed by atoms with E-state index in [1.807, 2.05) is 0 Å². The smallest absolute Gasteiger partial charge is 0.341 e. The van der Waals surface area contributed by atoms with Crippen molar-refractivity contribution in [1.82, 2.24) is 0 Å². The van der Waals surface area contributed by atoms with Gasteiger partial charge in [0, 0.05) is 0 Å². The second-order valence-electron chi connectivity index (χ2n) is 3.32. The molecule has 0 N–H and O–H groups in total. The number of benzene rings is 1. The molecule has 17 heavy (non-hydrogen) atoms. The molecule has 1 rings (SSSR count). The molecule has 0 amide bonds. The molecular formula is C11H14O5S. The van der Waals surface area contributed by atoms with Crippen LogP contribution in [0.1, 0.15) is 13.8 Å². The van der Waals surface area contributed by atoms with Crippen molar-refractivity contribution >= 4 is 16.1 Å². The fraction of sp³-hybridized carbons (Fsp3) is 0.364. The summed E-state index contributed by atoms with van der Waals surface area (Å²) in [6, 6.07) is 8.38. The Labute approximate surface area is 100 Å². The molecule has 0 spiro atoms. The summed E-state index contributed by atoms with van der Waals surface area (Å²) in [5, 5.41) is 0. The number of hydrogen-bond donors (Lipinski definition) is 0. The summed E-state index contributed by atoms with van der Waals surface area (Å²) in [6.07, 6.45) is -1.15. The maximum absolute atomic E-state index is 11.5. The number of carbonyl (C=O) groups excluding carboxylic acids is 1. The van der Waals surface area contributed by atoms with Crippen molar-refractivity contribution in [2.75, 3.05) is 5.75 Å². The van der Waals surface area contributed by atoms with E-state index in [2.05, 4.69) is 4.18 Å². The number of hydrogen-bond acceptors (Lipinski definition) is 5. The Morgan fingerprint density at radius 2 is 1.88 bits per heavy atom. The van der Waals surface area contributed by atoms with E-state index in [0.29, 0.717) is 5.75 Å². The fourth-order valence-electron chi connectivity index (χ4n) is 1.01. The summed E-state index contributed by atoms with van der Waals surface area (Å²) < 4.78 is 31.8. The number of rotatable bonds is 5. The van der Waals surface area contributed by atoms with Crippen LogP contribution in [0.25, 0.3) is 0 Å². The molecule has 5 nitrogen and oxygen atoms in total. The first-order valence-electron chi connectivity index (χ1n) is 5.12. The zero-order valence-electron chi connectivity index (χ0n) is 9.62. The van der Waals surface area contributed by atoms with Gasteiger partial charge in [0.2, 0.25) is 0 Å². The van der Waals surface area contributed by atoms with Crippen molar-refractivity contribution in [3.05, 3.63) is 30.3 Å². The molecular weight excluding hydrogens is 244 g/mol. The molecule has 0 saturated carbocycles. The van der Waals surface area contributed by atoms with Crippen LogP contribution < -0.4 is 4.74 Å². The molecule has 0 radical (unpaired) electrons. The predicted octanol–water partition coefficient (Wildman–Crippen LogP) is 1.35. The minimum atomic E-state index is -3.66. The van der Waals surface area contributed by atoms with Gasteiger partial charge in [-0.3, -0.25) is 4.18 Å². The first-order valence-corrected chi connectivity index (χ1v) is 6.70. The molecule has 0 bridgehead atoms. The molecule has 1 atom stereocenters. The highest BCUT2D eigenvalue weighted by Gasteiger charge is 2.22. The molecule has 0 aliphatic carbocycles. The van der Waals surface area contributed by atoms with Crippen molar-refractivity contribution in [1.29, 1.82) is 0 Å². The lowest BCUT2D eigenvalue weighted by Gasteiger charge is -2.11.